The second-order valence-corrected chi connectivity index (χ2v) is 5.22. The molecule has 1 aliphatic carbocycles. The van der Waals surface area contributed by atoms with Crippen molar-refractivity contribution < 1.29 is 4.39 Å². The van der Waals surface area contributed by atoms with Crippen molar-refractivity contribution in [2.45, 2.75) is 25.4 Å². The molecule has 1 aromatic heterocycles. The molecule has 0 aliphatic heterocycles. The van der Waals surface area contributed by atoms with Gasteiger partial charge in [-0.15, -0.1) is 11.3 Å². The largest absolute Gasteiger partial charge is 0.309 e. The summed E-state index contributed by atoms with van der Waals surface area (Å²) >= 11 is 1.68. The lowest BCUT2D eigenvalue weighted by Gasteiger charge is -1.97. The lowest BCUT2D eigenvalue weighted by atomic mass is 10.2. The summed E-state index contributed by atoms with van der Waals surface area (Å²) in [5, 5.41) is 4.61. The molecule has 1 aromatic carbocycles. The van der Waals surface area contributed by atoms with Gasteiger partial charge in [-0.2, -0.15) is 0 Å². The van der Waals surface area contributed by atoms with E-state index in [9.17, 15) is 4.39 Å². The molecule has 0 amide bonds. The normalized spacial score (nSPS) is 16.1. The first-order valence-electron chi connectivity index (χ1n) is 5.22. The second kappa shape index (κ2) is 3.58. The molecular weight excluding hydrogens is 209 g/mol. The number of thiophene rings is 1. The van der Waals surface area contributed by atoms with Gasteiger partial charge in [0.25, 0.3) is 0 Å². The lowest BCUT2D eigenvalue weighted by Crippen LogP contribution is -2.14. The van der Waals surface area contributed by atoms with Gasteiger partial charge in [-0.3, -0.25) is 0 Å². The van der Waals surface area contributed by atoms with Gasteiger partial charge in [-0.25, -0.2) is 4.39 Å². The van der Waals surface area contributed by atoms with E-state index in [1.807, 2.05) is 6.07 Å². The third-order valence-corrected chi connectivity index (χ3v) is 3.77. The van der Waals surface area contributed by atoms with E-state index in [-0.39, 0.29) is 5.82 Å². The van der Waals surface area contributed by atoms with Gasteiger partial charge in [0.2, 0.25) is 0 Å². The smallest absolute Gasteiger partial charge is 0.124 e. The monoisotopic (exact) mass is 221 g/mol. The van der Waals surface area contributed by atoms with Crippen LogP contribution < -0.4 is 5.32 Å². The van der Waals surface area contributed by atoms with Crippen LogP contribution in [0.25, 0.3) is 10.1 Å². The van der Waals surface area contributed by atoms with Crippen LogP contribution in [-0.4, -0.2) is 6.04 Å². The van der Waals surface area contributed by atoms with Crippen LogP contribution in [0, 0.1) is 5.82 Å². The maximum atomic E-state index is 13.0. The van der Waals surface area contributed by atoms with Crippen molar-refractivity contribution in [2.24, 2.45) is 0 Å². The molecule has 0 spiro atoms. The van der Waals surface area contributed by atoms with Crippen molar-refractivity contribution >= 4 is 21.4 Å². The highest BCUT2D eigenvalue weighted by Crippen LogP contribution is 2.27. The molecule has 0 radical (unpaired) electrons. The van der Waals surface area contributed by atoms with E-state index in [1.165, 1.54) is 23.8 Å². The molecule has 1 saturated carbocycles. The zero-order valence-corrected chi connectivity index (χ0v) is 9.11. The molecule has 0 unspecified atom stereocenters. The van der Waals surface area contributed by atoms with Gasteiger partial charge in [-0.05, 0) is 36.4 Å². The molecule has 2 aromatic rings. The Labute approximate surface area is 91.9 Å². The second-order valence-electron chi connectivity index (χ2n) is 4.05. The van der Waals surface area contributed by atoms with Crippen molar-refractivity contribution in [3.05, 3.63) is 35.0 Å². The van der Waals surface area contributed by atoms with E-state index in [4.69, 9.17) is 0 Å². The summed E-state index contributed by atoms with van der Waals surface area (Å²) in [5.74, 6) is -0.147. The Kier molecular flexibility index (Phi) is 2.22. The van der Waals surface area contributed by atoms with Crippen LogP contribution >= 0.6 is 11.3 Å². The van der Waals surface area contributed by atoms with Crippen molar-refractivity contribution in [2.75, 3.05) is 0 Å². The lowest BCUT2D eigenvalue weighted by molar-refractivity contribution is 0.630. The molecule has 1 heterocycles. The first-order valence-corrected chi connectivity index (χ1v) is 6.04. The highest BCUT2D eigenvalue weighted by atomic mass is 32.1. The fourth-order valence-corrected chi connectivity index (χ4v) is 2.72. The summed E-state index contributed by atoms with van der Waals surface area (Å²) < 4.78 is 14.0. The Bertz CT molecular complexity index is 487. The van der Waals surface area contributed by atoms with Crippen LogP contribution in [0.15, 0.2) is 24.3 Å². The van der Waals surface area contributed by atoms with Gasteiger partial charge < -0.3 is 5.32 Å². The zero-order valence-electron chi connectivity index (χ0n) is 8.29. The van der Waals surface area contributed by atoms with E-state index in [2.05, 4.69) is 11.4 Å². The van der Waals surface area contributed by atoms with E-state index in [0.717, 1.165) is 22.7 Å². The van der Waals surface area contributed by atoms with Gasteiger partial charge in [-0.1, -0.05) is 6.07 Å². The topological polar surface area (TPSA) is 12.0 Å². The first kappa shape index (κ1) is 9.31. The molecule has 1 fully saturated rings. The summed E-state index contributed by atoms with van der Waals surface area (Å²) in [7, 11) is 0. The number of hydrogen-bond acceptors (Lipinski definition) is 2. The Morgan fingerprint density at radius 2 is 2.20 bits per heavy atom. The summed E-state index contributed by atoms with van der Waals surface area (Å²) in [5.41, 5.74) is 0. The maximum absolute atomic E-state index is 13.0. The third kappa shape index (κ3) is 2.03. The number of hydrogen-bond donors (Lipinski definition) is 1. The van der Waals surface area contributed by atoms with Crippen LogP contribution in [0.3, 0.4) is 0 Å². The van der Waals surface area contributed by atoms with Gasteiger partial charge in [0.15, 0.2) is 0 Å². The quantitative estimate of drug-likeness (QED) is 0.838. The van der Waals surface area contributed by atoms with Crippen LogP contribution in [0.2, 0.25) is 0 Å². The average Bonchev–Trinajstić information content (AvgIpc) is 2.95. The minimum Gasteiger partial charge on any atom is -0.309 e. The van der Waals surface area contributed by atoms with Crippen molar-refractivity contribution in [3.63, 3.8) is 0 Å². The molecule has 0 atom stereocenters. The van der Waals surface area contributed by atoms with E-state index in [1.54, 1.807) is 17.4 Å². The fraction of sp³-hybridized carbons (Fsp3) is 0.333. The SMILES string of the molecule is Fc1ccc2cc(CNC3CC3)sc2c1. The van der Waals surface area contributed by atoms with Gasteiger partial charge >= 0.3 is 0 Å². The molecular formula is C12H12FNS. The van der Waals surface area contributed by atoms with Gasteiger partial charge in [0.05, 0.1) is 0 Å². The van der Waals surface area contributed by atoms with Crippen LogP contribution in [0.1, 0.15) is 17.7 Å². The number of halogens is 1. The Morgan fingerprint density at radius 3 is 3.00 bits per heavy atom. The summed E-state index contributed by atoms with van der Waals surface area (Å²) in [4.78, 5) is 1.29. The van der Waals surface area contributed by atoms with E-state index >= 15 is 0 Å². The molecule has 3 heteroatoms. The highest BCUT2D eigenvalue weighted by molar-refractivity contribution is 7.19. The van der Waals surface area contributed by atoms with Crippen LogP contribution in [-0.2, 0) is 6.54 Å². The summed E-state index contributed by atoms with van der Waals surface area (Å²) in [6.45, 7) is 0.922. The maximum Gasteiger partial charge on any atom is 0.124 e. The van der Waals surface area contributed by atoms with Crippen molar-refractivity contribution in [1.29, 1.82) is 0 Å². The van der Waals surface area contributed by atoms with E-state index in [0.29, 0.717) is 0 Å². The van der Waals surface area contributed by atoms with Crippen molar-refractivity contribution in [3.8, 4) is 0 Å². The molecule has 0 bridgehead atoms. The predicted octanol–water partition coefficient (Wildman–Crippen LogP) is 3.29. The Hall–Kier alpha value is -0.930. The van der Waals surface area contributed by atoms with E-state index < -0.39 is 0 Å². The van der Waals surface area contributed by atoms with Crippen LogP contribution in [0.4, 0.5) is 4.39 Å². The zero-order chi connectivity index (χ0) is 10.3. The molecule has 78 valence electrons. The van der Waals surface area contributed by atoms with Gasteiger partial charge in [0.1, 0.15) is 5.82 Å². The summed E-state index contributed by atoms with van der Waals surface area (Å²) in [6.07, 6.45) is 2.61. The Morgan fingerprint density at radius 1 is 1.33 bits per heavy atom. The predicted molar refractivity (Wildman–Crippen MR) is 61.6 cm³/mol. The number of fused-ring (bicyclic) bond motifs is 1. The van der Waals surface area contributed by atoms with Crippen LogP contribution in [0.5, 0.6) is 0 Å². The fourth-order valence-electron chi connectivity index (χ4n) is 1.68. The van der Waals surface area contributed by atoms with Crippen molar-refractivity contribution in [1.82, 2.24) is 5.32 Å². The average molecular weight is 221 g/mol. The molecule has 1 aliphatic rings. The van der Waals surface area contributed by atoms with Gasteiger partial charge in [0, 0.05) is 22.2 Å². The highest BCUT2D eigenvalue weighted by Gasteiger charge is 2.20. The molecule has 1 N–H and O–H groups in total. The number of rotatable bonds is 3. The molecule has 15 heavy (non-hydrogen) atoms. The Balaban J connectivity index is 1.84. The first-order chi connectivity index (χ1) is 7.31. The third-order valence-electron chi connectivity index (χ3n) is 2.68. The minimum atomic E-state index is -0.147. The molecule has 3 rings (SSSR count). The minimum absolute atomic E-state index is 0.147. The standard InChI is InChI=1S/C12H12FNS/c13-9-2-1-8-5-11(15-12(8)6-9)7-14-10-3-4-10/h1-2,5-6,10,14H,3-4,7H2. The summed E-state index contributed by atoms with van der Waals surface area (Å²) in [6, 6.07) is 7.86. The number of benzene rings is 1. The molecule has 0 saturated heterocycles. The number of nitrogens with one attached hydrogen (secondary N) is 1. The molecule has 1 nitrogen and oxygen atoms in total.